The first-order valence-corrected chi connectivity index (χ1v) is 8.08. The third-order valence-electron chi connectivity index (χ3n) is 4.17. The van der Waals surface area contributed by atoms with Crippen LogP contribution < -0.4 is 0 Å². The molecule has 1 aromatic carbocycles. The summed E-state index contributed by atoms with van der Waals surface area (Å²) < 4.78 is 7.04. The molecule has 0 radical (unpaired) electrons. The molecule has 0 aliphatic carbocycles. The highest BCUT2D eigenvalue weighted by atomic mass is 16.5. The van der Waals surface area contributed by atoms with Gasteiger partial charge in [0.05, 0.1) is 23.4 Å². The van der Waals surface area contributed by atoms with Crippen molar-refractivity contribution >= 4 is 11.0 Å². The minimum atomic E-state index is -0.543. The van der Waals surface area contributed by atoms with Gasteiger partial charge in [0, 0.05) is 18.0 Å². The standard InChI is InChI=1S/C17H17N7O2/c1-10-14(19-7-6-18-10)16-20-15(22-26-16)11-4-5-13-12(8-11)21-23-24(13)17(2,3)9-25/h4-8,25H,9H2,1-3H3. The molecule has 0 saturated carbocycles. The van der Waals surface area contributed by atoms with Crippen molar-refractivity contribution in [3.63, 3.8) is 0 Å². The fraction of sp³-hybridized carbons (Fsp3) is 0.294. The van der Waals surface area contributed by atoms with Crippen molar-refractivity contribution in [2.75, 3.05) is 6.61 Å². The Morgan fingerprint density at radius 3 is 2.77 bits per heavy atom. The topological polar surface area (TPSA) is 116 Å². The largest absolute Gasteiger partial charge is 0.394 e. The van der Waals surface area contributed by atoms with Crippen molar-refractivity contribution in [3.8, 4) is 23.0 Å². The van der Waals surface area contributed by atoms with Crippen LogP contribution in [0.5, 0.6) is 0 Å². The highest BCUT2D eigenvalue weighted by Gasteiger charge is 2.23. The third-order valence-corrected chi connectivity index (χ3v) is 4.17. The molecule has 4 aromatic rings. The van der Waals surface area contributed by atoms with Crippen molar-refractivity contribution in [1.82, 2.24) is 35.1 Å². The zero-order valence-electron chi connectivity index (χ0n) is 14.6. The Balaban J connectivity index is 1.73. The Kier molecular flexibility index (Phi) is 3.73. The number of nitrogens with zero attached hydrogens (tertiary/aromatic N) is 7. The van der Waals surface area contributed by atoms with Crippen LogP contribution in [0, 0.1) is 6.92 Å². The summed E-state index contributed by atoms with van der Waals surface area (Å²) in [7, 11) is 0. The molecule has 0 fully saturated rings. The first-order chi connectivity index (χ1) is 12.5. The molecule has 0 amide bonds. The molecule has 1 N–H and O–H groups in total. The number of hydrogen-bond acceptors (Lipinski definition) is 8. The SMILES string of the molecule is Cc1nccnc1-c1nc(-c2ccc3c(c2)nnn3C(C)(C)CO)no1. The molecule has 0 aliphatic rings. The first-order valence-electron chi connectivity index (χ1n) is 8.08. The summed E-state index contributed by atoms with van der Waals surface area (Å²) in [4.78, 5) is 12.8. The maximum Gasteiger partial charge on any atom is 0.278 e. The van der Waals surface area contributed by atoms with Crippen LogP contribution in [0.15, 0.2) is 35.1 Å². The highest BCUT2D eigenvalue weighted by Crippen LogP contribution is 2.26. The molecule has 3 aromatic heterocycles. The van der Waals surface area contributed by atoms with Gasteiger partial charge in [0.25, 0.3) is 5.89 Å². The van der Waals surface area contributed by atoms with Gasteiger partial charge in [-0.3, -0.25) is 4.98 Å². The van der Waals surface area contributed by atoms with Gasteiger partial charge in [0.2, 0.25) is 5.82 Å². The second-order valence-electron chi connectivity index (χ2n) is 6.59. The van der Waals surface area contributed by atoms with Gasteiger partial charge in [-0.2, -0.15) is 4.98 Å². The van der Waals surface area contributed by atoms with Gasteiger partial charge >= 0.3 is 0 Å². The molecule has 0 spiro atoms. The number of hydrogen-bond donors (Lipinski definition) is 1. The summed E-state index contributed by atoms with van der Waals surface area (Å²) in [5.74, 6) is 0.749. The van der Waals surface area contributed by atoms with E-state index in [4.69, 9.17) is 4.52 Å². The lowest BCUT2D eigenvalue weighted by atomic mass is 10.1. The van der Waals surface area contributed by atoms with Crippen LogP contribution in [-0.2, 0) is 5.54 Å². The van der Waals surface area contributed by atoms with E-state index in [0.29, 0.717) is 28.6 Å². The molecule has 0 saturated heterocycles. The summed E-state index contributed by atoms with van der Waals surface area (Å²) in [6, 6.07) is 5.59. The van der Waals surface area contributed by atoms with Gasteiger partial charge in [-0.15, -0.1) is 5.10 Å². The van der Waals surface area contributed by atoms with Gasteiger partial charge in [-0.05, 0) is 39.0 Å². The molecule has 3 heterocycles. The number of aliphatic hydroxyl groups excluding tert-OH is 1. The molecule has 4 rings (SSSR count). The summed E-state index contributed by atoms with van der Waals surface area (Å²) in [6.45, 7) is 5.58. The number of aryl methyl sites for hydroxylation is 1. The van der Waals surface area contributed by atoms with E-state index < -0.39 is 5.54 Å². The number of aliphatic hydroxyl groups is 1. The molecule has 9 nitrogen and oxygen atoms in total. The highest BCUT2D eigenvalue weighted by molar-refractivity contribution is 5.80. The van der Waals surface area contributed by atoms with E-state index >= 15 is 0 Å². The maximum atomic E-state index is 9.56. The van der Waals surface area contributed by atoms with Crippen LogP contribution in [0.3, 0.4) is 0 Å². The lowest BCUT2D eigenvalue weighted by Crippen LogP contribution is -2.31. The molecular formula is C17H17N7O2. The Morgan fingerprint density at radius 1 is 1.19 bits per heavy atom. The van der Waals surface area contributed by atoms with Gasteiger partial charge < -0.3 is 9.63 Å². The second kappa shape index (κ2) is 5.95. The average molecular weight is 351 g/mol. The van der Waals surface area contributed by atoms with Crippen LogP contribution in [-0.4, -0.2) is 46.8 Å². The van der Waals surface area contributed by atoms with Gasteiger partial charge in [0.1, 0.15) is 11.2 Å². The minimum Gasteiger partial charge on any atom is -0.394 e. The summed E-state index contributed by atoms with van der Waals surface area (Å²) in [6.07, 6.45) is 3.20. The first kappa shape index (κ1) is 16.3. The molecule has 9 heteroatoms. The van der Waals surface area contributed by atoms with Crippen LogP contribution >= 0.6 is 0 Å². The van der Waals surface area contributed by atoms with Gasteiger partial charge in [-0.1, -0.05) is 10.4 Å². The Bertz CT molecular complexity index is 1080. The summed E-state index contributed by atoms with van der Waals surface area (Å²) in [5.41, 5.74) is 2.99. The van der Waals surface area contributed by atoms with E-state index in [2.05, 4.69) is 30.4 Å². The number of aromatic nitrogens is 7. The van der Waals surface area contributed by atoms with Crippen molar-refractivity contribution in [2.24, 2.45) is 0 Å². The monoisotopic (exact) mass is 351 g/mol. The van der Waals surface area contributed by atoms with E-state index in [1.807, 2.05) is 39.0 Å². The smallest absolute Gasteiger partial charge is 0.278 e. The van der Waals surface area contributed by atoms with Crippen LogP contribution in [0.2, 0.25) is 0 Å². The molecule has 132 valence electrons. The van der Waals surface area contributed by atoms with E-state index in [9.17, 15) is 5.11 Å². The Hall–Kier alpha value is -3.20. The molecule has 26 heavy (non-hydrogen) atoms. The fourth-order valence-corrected chi connectivity index (χ4v) is 2.63. The predicted octanol–water partition coefficient (Wildman–Crippen LogP) is 1.97. The quantitative estimate of drug-likeness (QED) is 0.593. The molecule has 0 aliphatic heterocycles. The number of rotatable bonds is 4. The van der Waals surface area contributed by atoms with E-state index in [1.54, 1.807) is 17.1 Å². The van der Waals surface area contributed by atoms with E-state index in [-0.39, 0.29) is 6.61 Å². The van der Waals surface area contributed by atoms with Crippen molar-refractivity contribution in [3.05, 3.63) is 36.3 Å². The predicted molar refractivity (Wildman–Crippen MR) is 93.0 cm³/mol. The van der Waals surface area contributed by atoms with Crippen molar-refractivity contribution < 1.29 is 9.63 Å². The average Bonchev–Trinajstić information content (AvgIpc) is 3.29. The lowest BCUT2D eigenvalue weighted by molar-refractivity contribution is 0.154. The molecule has 0 atom stereocenters. The summed E-state index contributed by atoms with van der Waals surface area (Å²) in [5, 5.41) is 21.9. The Morgan fingerprint density at radius 2 is 2.00 bits per heavy atom. The molecule has 0 bridgehead atoms. The zero-order chi connectivity index (χ0) is 18.3. The fourth-order valence-electron chi connectivity index (χ4n) is 2.63. The van der Waals surface area contributed by atoms with E-state index in [0.717, 1.165) is 11.1 Å². The zero-order valence-corrected chi connectivity index (χ0v) is 14.6. The lowest BCUT2D eigenvalue weighted by Gasteiger charge is -2.22. The second-order valence-corrected chi connectivity index (χ2v) is 6.59. The maximum absolute atomic E-state index is 9.56. The summed E-state index contributed by atoms with van der Waals surface area (Å²) >= 11 is 0. The van der Waals surface area contributed by atoms with Gasteiger partial charge in [-0.25, -0.2) is 9.67 Å². The van der Waals surface area contributed by atoms with Crippen molar-refractivity contribution in [2.45, 2.75) is 26.3 Å². The molecule has 0 unspecified atom stereocenters. The minimum absolute atomic E-state index is 0.0428. The van der Waals surface area contributed by atoms with Gasteiger partial charge in [0.15, 0.2) is 0 Å². The van der Waals surface area contributed by atoms with Crippen molar-refractivity contribution in [1.29, 1.82) is 0 Å². The van der Waals surface area contributed by atoms with E-state index in [1.165, 1.54) is 0 Å². The molecular weight excluding hydrogens is 334 g/mol. The third kappa shape index (κ3) is 2.62. The van der Waals surface area contributed by atoms with Crippen LogP contribution in [0.1, 0.15) is 19.5 Å². The Labute approximate surface area is 148 Å². The normalized spacial score (nSPS) is 12.0. The van der Waals surface area contributed by atoms with Crippen LogP contribution in [0.4, 0.5) is 0 Å². The van der Waals surface area contributed by atoms with Crippen LogP contribution in [0.25, 0.3) is 34.0 Å². The number of fused-ring (bicyclic) bond motifs is 1. The number of benzene rings is 1.